The number of nitrogens with two attached hydrogens (primary N) is 1. The molecule has 1 aromatic rings. The molecule has 0 radical (unpaired) electrons. The number of aromatic nitrogens is 1. The maximum Gasteiger partial charge on any atom is 0.216 e. The van der Waals surface area contributed by atoms with E-state index in [0.717, 1.165) is 24.5 Å². The lowest BCUT2D eigenvalue weighted by Gasteiger charge is -2.20. The first-order chi connectivity index (χ1) is 8.66. The Morgan fingerprint density at radius 3 is 2.42 bits per heavy atom. The average molecular weight is 378 g/mol. The van der Waals surface area contributed by atoms with E-state index in [9.17, 15) is 0 Å². The van der Waals surface area contributed by atoms with E-state index in [0.29, 0.717) is 18.4 Å². The van der Waals surface area contributed by atoms with Gasteiger partial charge < -0.3 is 15.1 Å². The molecule has 1 aliphatic heterocycles. The molecule has 0 aromatic carbocycles. The molecule has 0 saturated carbocycles. The van der Waals surface area contributed by atoms with Crippen LogP contribution in [0, 0.1) is 13.8 Å². The molecule has 2 heterocycles. The topological polar surface area (TPSA) is 67.7 Å². The highest BCUT2D eigenvalue weighted by atomic mass is 127. The van der Waals surface area contributed by atoms with Crippen molar-refractivity contribution in [2.45, 2.75) is 46.1 Å². The Bertz CT molecular complexity index is 403. The lowest BCUT2D eigenvalue weighted by atomic mass is 10.2. The average Bonchev–Trinajstić information content (AvgIpc) is 2.60. The van der Waals surface area contributed by atoms with Crippen LogP contribution in [0.25, 0.3) is 0 Å². The number of hydrogen-bond donors (Lipinski definition) is 1. The molecule has 108 valence electrons. The van der Waals surface area contributed by atoms with Crippen molar-refractivity contribution in [3.8, 4) is 0 Å². The van der Waals surface area contributed by atoms with Crippen molar-refractivity contribution >= 4 is 29.9 Å². The quantitative estimate of drug-likeness (QED) is 0.488. The third-order valence-corrected chi connectivity index (χ3v) is 3.38. The van der Waals surface area contributed by atoms with Crippen LogP contribution in [0.2, 0.25) is 0 Å². The second-order valence-corrected chi connectivity index (χ2v) is 4.82. The van der Waals surface area contributed by atoms with E-state index in [2.05, 4.69) is 14.9 Å². The number of rotatable bonds is 2. The van der Waals surface area contributed by atoms with Gasteiger partial charge in [0.15, 0.2) is 5.96 Å². The van der Waals surface area contributed by atoms with E-state index in [-0.39, 0.29) is 24.0 Å². The lowest BCUT2D eigenvalue weighted by Crippen LogP contribution is -2.38. The Labute approximate surface area is 131 Å². The summed E-state index contributed by atoms with van der Waals surface area (Å²) in [7, 11) is 0. The van der Waals surface area contributed by atoms with Gasteiger partial charge in [-0.1, -0.05) is 12.8 Å². The molecule has 1 aromatic heterocycles. The fourth-order valence-corrected chi connectivity index (χ4v) is 2.16. The predicted molar refractivity (Wildman–Crippen MR) is 86.8 cm³/mol. The summed E-state index contributed by atoms with van der Waals surface area (Å²) in [4.78, 5) is 10.8. The fraction of sp³-hybridized carbons (Fsp3) is 0.692. The van der Waals surface area contributed by atoms with Gasteiger partial charge in [0.2, 0.25) is 5.89 Å². The summed E-state index contributed by atoms with van der Waals surface area (Å²) in [6, 6.07) is 0. The van der Waals surface area contributed by atoms with Crippen molar-refractivity contribution in [1.29, 1.82) is 0 Å². The van der Waals surface area contributed by atoms with Crippen LogP contribution in [0.15, 0.2) is 9.41 Å². The van der Waals surface area contributed by atoms with E-state index in [1.165, 1.54) is 25.7 Å². The molecule has 1 fully saturated rings. The zero-order valence-corrected chi connectivity index (χ0v) is 14.0. The van der Waals surface area contributed by atoms with E-state index >= 15 is 0 Å². The van der Waals surface area contributed by atoms with Gasteiger partial charge in [-0.2, -0.15) is 0 Å². The Morgan fingerprint density at radius 1 is 1.26 bits per heavy atom. The second kappa shape index (κ2) is 7.72. The molecular formula is C13H23IN4O. The minimum absolute atomic E-state index is 0. The molecule has 5 nitrogen and oxygen atoms in total. The van der Waals surface area contributed by atoms with Gasteiger partial charge in [-0.25, -0.2) is 9.98 Å². The molecule has 1 aliphatic rings. The summed E-state index contributed by atoms with van der Waals surface area (Å²) in [6.07, 6.45) is 4.99. The van der Waals surface area contributed by atoms with Crippen LogP contribution in [-0.4, -0.2) is 28.9 Å². The second-order valence-electron chi connectivity index (χ2n) is 4.82. The van der Waals surface area contributed by atoms with Crippen molar-refractivity contribution in [2.75, 3.05) is 13.1 Å². The smallest absolute Gasteiger partial charge is 0.216 e. The third-order valence-electron chi connectivity index (χ3n) is 3.38. The molecule has 2 N–H and O–H groups in total. The molecule has 6 heteroatoms. The van der Waals surface area contributed by atoms with Gasteiger partial charge in [0.1, 0.15) is 12.3 Å². The number of likely N-dealkylation sites (tertiary alicyclic amines) is 1. The first-order valence-electron chi connectivity index (χ1n) is 6.64. The van der Waals surface area contributed by atoms with Crippen molar-refractivity contribution < 1.29 is 4.42 Å². The lowest BCUT2D eigenvalue weighted by molar-refractivity contribution is 0.424. The van der Waals surface area contributed by atoms with Gasteiger partial charge in [0, 0.05) is 13.1 Å². The third kappa shape index (κ3) is 4.67. The van der Waals surface area contributed by atoms with E-state index in [1.54, 1.807) is 0 Å². The molecule has 0 amide bonds. The summed E-state index contributed by atoms with van der Waals surface area (Å²) in [6.45, 7) is 6.30. The van der Waals surface area contributed by atoms with Crippen molar-refractivity contribution in [2.24, 2.45) is 10.7 Å². The zero-order chi connectivity index (χ0) is 13.0. The van der Waals surface area contributed by atoms with Crippen LogP contribution in [-0.2, 0) is 6.54 Å². The molecule has 0 unspecified atom stereocenters. The predicted octanol–water partition coefficient (Wildman–Crippen LogP) is 2.60. The molecule has 1 saturated heterocycles. The monoisotopic (exact) mass is 378 g/mol. The van der Waals surface area contributed by atoms with Gasteiger partial charge >= 0.3 is 0 Å². The molecule has 19 heavy (non-hydrogen) atoms. The summed E-state index contributed by atoms with van der Waals surface area (Å²) < 4.78 is 5.48. The van der Waals surface area contributed by atoms with Crippen molar-refractivity contribution in [1.82, 2.24) is 9.88 Å². The maximum atomic E-state index is 6.02. The van der Waals surface area contributed by atoms with Crippen LogP contribution in [0.5, 0.6) is 0 Å². The van der Waals surface area contributed by atoms with Gasteiger partial charge in [-0.15, -0.1) is 24.0 Å². The summed E-state index contributed by atoms with van der Waals surface area (Å²) in [5, 5.41) is 0. The SMILES string of the molecule is Cc1nc(CN=C(N)N2CCCCCC2)oc1C.I. The molecule has 2 rings (SSSR count). The molecule has 0 spiro atoms. The summed E-state index contributed by atoms with van der Waals surface area (Å²) >= 11 is 0. The minimum Gasteiger partial charge on any atom is -0.444 e. The first kappa shape index (κ1) is 16.3. The van der Waals surface area contributed by atoms with Crippen molar-refractivity contribution in [3.05, 3.63) is 17.3 Å². The standard InChI is InChI=1S/C13H22N4O.HI/c1-10-11(2)18-12(16-10)9-15-13(14)17-7-5-3-4-6-8-17;/h3-9H2,1-2H3,(H2,14,15);1H. The van der Waals surface area contributed by atoms with Crippen LogP contribution < -0.4 is 5.73 Å². The largest absolute Gasteiger partial charge is 0.444 e. The normalized spacial score (nSPS) is 16.9. The number of nitrogens with zero attached hydrogens (tertiary/aromatic N) is 3. The van der Waals surface area contributed by atoms with Gasteiger partial charge in [0.25, 0.3) is 0 Å². The van der Waals surface area contributed by atoms with Crippen LogP contribution in [0.3, 0.4) is 0 Å². The Morgan fingerprint density at radius 2 is 1.89 bits per heavy atom. The highest BCUT2D eigenvalue weighted by molar-refractivity contribution is 14.0. The number of halogens is 1. The molecular weight excluding hydrogens is 355 g/mol. The number of oxazole rings is 1. The summed E-state index contributed by atoms with van der Waals surface area (Å²) in [5.74, 6) is 2.11. The van der Waals surface area contributed by atoms with E-state index in [4.69, 9.17) is 10.2 Å². The first-order valence-corrected chi connectivity index (χ1v) is 6.64. The van der Waals surface area contributed by atoms with Crippen molar-refractivity contribution in [3.63, 3.8) is 0 Å². The molecule has 0 aliphatic carbocycles. The highest BCUT2D eigenvalue weighted by Gasteiger charge is 2.11. The molecule has 0 atom stereocenters. The number of guanidine groups is 1. The number of aliphatic imine (C=N–C) groups is 1. The van der Waals surface area contributed by atoms with Crippen LogP contribution in [0.1, 0.15) is 43.0 Å². The maximum absolute atomic E-state index is 6.02. The van der Waals surface area contributed by atoms with E-state index < -0.39 is 0 Å². The fourth-order valence-electron chi connectivity index (χ4n) is 2.16. The molecule has 0 bridgehead atoms. The zero-order valence-electron chi connectivity index (χ0n) is 11.7. The van der Waals surface area contributed by atoms with Crippen LogP contribution in [0.4, 0.5) is 0 Å². The van der Waals surface area contributed by atoms with E-state index in [1.807, 2.05) is 13.8 Å². The van der Waals surface area contributed by atoms with Crippen LogP contribution >= 0.6 is 24.0 Å². The number of hydrogen-bond acceptors (Lipinski definition) is 3. The van der Waals surface area contributed by atoms with Gasteiger partial charge in [-0.3, -0.25) is 0 Å². The van der Waals surface area contributed by atoms with Gasteiger partial charge in [0.05, 0.1) is 5.69 Å². The Kier molecular flexibility index (Phi) is 6.60. The number of aryl methyl sites for hydroxylation is 2. The minimum atomic E-state index is 0. The van der Waals surface area contributed by atoms with Gasteiger partial charge in [-0.05, 0) is 26.7 Å². The Balaban J connectivity index is 0.00000180. The summed E-state index contributed by atoms with van der Waals surface area (Å²) in [5.41, 5.74) is 6.94. The Hall–Kier alpha value is -0.790. The highest BCUT2D eigenvalue weighted by Crippen LogP contribution is 2.11.